The molecule has 200 valence electrons. The van der Waals surface area contributed by atoms with E-state index in [1.807, 2.05) is 24.3 Å². The number of amides is 2. The number of benzene rings is 1. The minimum absolute atomic E-state index is 0.0331. The summed E-state index contributed by atoms with van der Waals surface area (Å²) >= 11 is 1.28. The number of nitrogens with zero attached hydrogens (tertiary/aromatic N) is 3. The number of methoxy groups -OCH3 is 1. The van der Waals surface area contributed by atoms with E-state index < -0.39 is 36.2 Å². The molecule has 0 bridgehead atoms. The van der Waals surface area contributed by atoms with Crippen molar-refractivity contribution in [2.24, 2.45) is 11.8 Å². The smallest absolute Gasteiger partial charge is 0.323 e. The van der Waals surface area contributed by atoms with Crippen molar-refractivity contribution in [3.05, 3.63) is 53.4 Å². The number of para-hydroxylation sites is 1. The molecule has 2 amide bonds. The van der Waals surface area contributed by atoms with Gasteiger partial charge in [0.2, 0.25) is 17.7 Å². The van der Waals surface area contributed by atoms with Gasteiger partial charge in [-0.25, -0.2) is 4.98 Å². The van der Waals surface area contributed by atoms with Crippen LogP contribution in [0.15, 0.2) is 41.1 Å². The third-order valence-corrected chi connectivity index (χ3v) is 7.99. The summed E-state index contributed by atoms with van der Waals surface area (Å²) in [5.41, 5.74) is 2.00. The molecular weight excluding hydrogens is 510 g/mol. The van der Waals surface area contributed by atoms with E-state index in [9.17, 15) is 19.2 Å². The van der Waals surface area contributed by atoms with Crippen molar-refractivity contribution >= 4 is 39.9 Å². The van der Waals surface area contributed by atoms with Crippen molar-refractivity contribution in [2.75, 3.05) is 32.1 Å². The van der Waals surface area contributed by atoms with Crippen LogP contribution in [0.25, 0.3) is 10.8 Å². The van der Waals surface area contributed by atoms with E-state index in [0.717, 1.165) is 10.5 Å². The highest BCUT2D eigenvalue weighted by molar-refractivity contribution is 7.20. The molecule has 2 unspecified atom stereocenters. The molecule has 0 radical (unpaired) electrons. The highest BCUT2D eigenvalue weighted by Crippen LogP contribution is 2.46. The van der Waals surface area contributed by atoms with E-state index in [0.29, 0.717) is 45.6 Å². The zero-order chi connectivity index (χ0) is 27.6. The van der Waals surface area contributed by atoms with Crippen molar-refractivity contribution in [1.29, 1.82) is 0 Å². The molecule has 2 aromatic heterocycles. The van der Waals surface area contributed by atoms with Crippen LogP contribution in [0.1, 0.15) is 34.8 Å². The number of hydrogen-bond donors (Lipinski definition) is 1. The number of fused-ring (bicyclic) bond motifs is 1. The maximum Gasteiger partial charge on any atom is 0.323 e. The number of carboxylic acid groups (broad SMARTS) is 1. The van der Waals surface area contributed by atoms with Gasteiger partial charge in [-0.3, -0.25) is 19.2 Å². The van der Waals surface area contributed by atoms with Crippen LogP contribution in [0.3, 0.4) is 0 Å². The predicted octanol–water partition coefficient (Wildman–Crippen LogP) is 3.68. The quantitative estimate of drug-likeness (QED) is 0.386. The van der Waals surface area contributed by atoms with E-state index in [1.54, 1.807) is 25.9 Å². The van der Waals surface area contributed by atoms with Gasteiger partial charge in [0.25, 0.3) is 0 Å². The second-order valence-electron chi connectivity index (χ2n) is 9.27. The maximum absolute atomic E-state index is 13.8. The first kappa shape index (κ1) is 27.1. The number of hydrogen-bond acceptors (Lipinski definition) is 8. The monoisotopic (exact) mass is 539 g/mol. The average molecular weight is 540 g/mol. The number of aliphatic carboxylic acids is 1. The minimum atomic E-state index is -1.14. The van der Waals surface area contributed by atoms with Gasteiger partial charge >= 0.3 is 5.97 Å². The molecule has 4 rings (SSSR count). The molecule has 38 heavy (non-hydrogen) atoms. The number of ether oxygens (including phenoxy) is 1. The highest BCUT2D eigenvalue weighted by Gasteiger charge is 2.44. The molecular formula is C27H29N3O7S. The Bertz CT molecular complexity index is 1360. The largest absolute Gasteiger partial charge is 0.496 e. The summed E-state index contributed by atoms with van der Waals surface area (Å²) in [6.07, 6.45) is 3.42. The normalized spacial score (nSPS) is 15.8. The molecule has 3 aromatic rings. The van der Waals surface area contributed by atoms with E-state index >= 15 is 0 Å². The van der Waals surface area contributed by atoms with Crippen LogP contribution in [-0.4, -0.2) is 65.8 Å². The van der Waals surface area contributed by atoms with Crippen LogP contribution < -0.4 is 9.64 Å². The number of carboxylic acids is 1. The molecule has 0 spiro atoms. The van der Waals surface area contributed by atoms with Gasteiger partial charge in [0.05, 0.1) is 23.7 Å². The molecule has 0 aliphatic carbocycles. The van der Waals surface area contributed by atoms with Crippen molar-refractivity contribution in [2.45, 2.75) is 26.7 Å². The van der Waals surface area contributed by atoms with Crippen LogP contribution >= 0.6 is 11.3 Å². The standard InChI is InChI=1S/C27H29N3O7S/c1-15(25(34)29(3)14-20(31)32)13-18-22(33)21-16(2)23(24-28-10-12-37-24)38-27(21)30(26(18)35)11-9-17-7-5-6-8-19(17)36-4/h5-8,10,12,15,18H,9,11,13-14H2,1-4H3,(H,31,32). The Morgan fingerprint density at radius 1 is 1.29 bits per heavy atom. The van der Waals surface area contributed by atoms with Gasteiger partial charge in [-0.2, -0.15) is 0 Å². The maximum atomic E-state index is 13.8. The Morgan fingerprint density at radius 2 is 2.03 bits per heavy atom. The molecule has 1 N–H and O–H groups in total. The number of likely N-dealkylation sites (N-methyl/N-ethyl adjacent to an activating group) is 1. The number of Topliss-reactive ketones (excluding diaryl/α,β-unsaturated/α-hetero) is 1. The Morgan fingerprint density at radius 3 is 2.68 bits per heavy atom. The second kappa shape index (κ2) is 11.2. The van der Waals surface area contributed by atoms with Gasteiger partial charge < -0.3 is 24.1 Å². The SMILES string of the molecule is COc1ccccc1CCN1C(=O)C(CC(C)C(=O)N(C)CC(=O)O)C(=O)c2c1sc(-c1ncco1)c2C. The lowest BCUT2D eigenvalue weighted by atomic mass is 9.84. The van der Waals surface area contributed by atoms with Gasteiger partial charge in [-0.1, -0.05) is 25.1 Å². The van der Waals surface area contributed by atoms with Crippen molar-refractivity contribution in [1.82, 2.24) is 9.88 Å². The Balaban J connectivity index is 1.69. The van der Waals surface area contributed by atoms with Crippen LogP contribution in [-0.2, 0) is 20.8 Å². The first-order chi connectivity index (χ1) is 18.1. The summed E-state index contributed by atoms with van der Waals surface area (Å²) in [5.74, 6) is -3.08. The third kappa shape index (κ3) is 5.19. The van der Waals surface area contributed by atoms with E-state index in [1.165, 1.54) is 30.8 Å². The molecule has 1 aliphatic heterocycles. The predicted molar refractivity (Wildman–Crippen MR) is 140 cm³/mol. The number of thiophene rings is 1. The molecule has 3 heterocycles. The molecule has 1 aromatic carbocycles. The highest BCUT2D eigenvalue weighted by atomic mass is 32.1. The van der Waals surface area contributed by atoms with E-state index in [2.05, 4.69) is 4.98 Å². The molecule has 0 fully saturated rings. The third-order valence-electron chi connectivity index (χ3n) is 6.68. The van der Waals surface area contributed by atoms with Gasteiger partial charge in [0.1, 0.15) is 29.5 Å². The van der Waals surface area contributed by atoms with Crippen LogP contribution in [0.2, 0.25) is 0 Å². The van der Waals surface area contributed by atoms with E-state index in [4.69, 9.17) is 14.3 Å². The zero-order valence-electron chi connectivity index (χ0n) is 21.6. The molecule has 11 heteroatoms. The first-order valence-electron chi connectivity index (χ1n) is 12.1. The number of carbonyl (C=O) groups excluding carboxylic acids is 3. The van der Waals surface area contributed by atoms with Crippen molar-refractivity contribution in [3.8, 4) is 16.5 Å². The van der Waals surface area contributed by atoms with Crippen LogP contribution in [0.4, 0.5) is 5.00 Å². The summed E-state index contributed by atoms with van der Waals surface area (Å²) in [4.78, 5) is 59.0. The van der Waals surface area contributed by atoms with Crippen molar-refractivity contribution < 1.29 is 33.4 Å². The number of oxazole rings is 1. The van der Waals surface area contributed by atoms with Crippen molar-refractivity contribution in [3.63, 3.8) is 0 Å². The zero-order valence-corrected chi connectivity index (χ0v) is 22.4. The van der Waals surface area contributed by atoms with Gasteiger partial charge in [0.15, 0.2) is 5.78 Å². The minimum Gasteiger partial charge on any atom is -0.496 e. The molecule has 0 saturated heterocycles. The summed E-state index contributed by atoms with van der Waals surface area (Å²) < 4.78 is 10.9. The Kier molecular flexibility index (Phi) is 7.96. The fourth-order valence-electron chi connectivity index (χ4n) is 4.77. The summed E-state index contributed by atoms with van der Waals surface area (Å²) in [5, 5.41) is 9.56. The Hall–Kier alpha value is -3.99. The first-order valence-corrected chi connectivity index (χ1v) is 12.9. The molecule has 1 aliphatic rings. The molecule has 10 nitrogen and oxygen atoms in total. The van der Waals surface area contributed by atoms with Crippen LogP contribution in [0, 0.1) is 18.8 Å². The summed E-state index contributed by atoms with van der Waals surface area (Å²) in [6, 6.07) is 7.53. The number of ketones is 1. The number of anilines is 1. The lowest BCUT2D eigenvalue weighted by Gasteiger charge is -2.33. The van der Waals surface area contributed by atoms with Gasteiger partial charge in [0, 0.05) is 19.5 Å². The second-order valence-corrected chi connectivity index (χ2v) is 10.3. The number of carbonyl (C=O) groups is 4. The van der Waals surface area contributed by atoms with Gasteiger partial charge in [-0.15, -0.1) is 11.3 Å². The average Bonchev–Trinajstić information content (AvgIpc) is 3.53. The fourth-order valence-corrected chi connectivity index (χ4v) is 6.05. The Labute approximate surface area is 223 Å². The lowest BCUT2D eigenvalue weighted by molar-refractivity contribution is -0.145. The summed E-state index contributed by atoms with van der Waals surface area (Å²) in [6.45, 7) is 3.23. The van der Waals surface area contributed by atoms with E-state index in [-0.39, 0.29) is 12.2 Å². The van der Waals surface area contributed by atoms with Gasteiger partial charge in [-0.05, 0) is 37.0 Å². The lowest BCUT2D eigenvalue weighted by Crippen LogP contribution is -2.46. The van der Waals surface area contributed by atoms with Crippen LogP contribution in [0.5, 0.6) is 5.75 Å². The number of aromatic nitrogens is 1. The molecule has 2 atom stereocenters. The number of rotatable bonds is 10. The summed E-state index contributed by atoms with van der Waals surface area (Å²) in [7, 11) is 2.98. The molecule has 0 saturated carbocycles. The fraction of sp³-hybridized carbons (Fsp3) is 0.370. The topological polar surface area (TPSA) is 130 Å².